The van der Waals surface area contributed by atoms with E-state index in [4.69, 9.17) is 0 Å². The highest BCUT2D eigenvalue weighted by atomic mass is 32.2. The highest BCUT2D eigenvalue weighted by Gasteiger charge is 2.27. The number of aliphatic hydroxyl groups excluding tert-OH is 2. The lowest BCUT2D eigenvalue weighted by Gasteiger charge is -2.22. The number of aliphatic hydroxyl groups is 2. The monoisotopic (exact) mass is 740 g/mol. The van der Waals surface area contributed by atoms with Crippen molar-refractivity contribution >= 4 is 16.0 Å². The summed E-state index contributed by atoms with van der Waals surface area (Å²) in [6.45, 7) is 4.51. The van der Waals surface area contributed by atoms with Crippen LogP contribution in [0.3, 0.4) is 0 Å². The zero-order chi connectivity index (χ0) is 37.7. The number of hydrogen-bond acceptors (Lipinski definition) is 5. The van der Waals surface area contributed by atoms with Gasteiger partial charge in [-0.1, -0.05) is 198 Å². The Hall–Kier alpha value is -1.48. The van der Waals surface area contributed by atoms with Crippen molar-refractivity contribution in [3.63, 3.8) is 0 Å². The molecule has 0 saturated heterocycles. The number of unbranched alkanes of at least 4 members (excludes halogenated alkanes) is 25. The van der Waals surface area contributed by atoms with Gasteiger partial charge in [0.15, 0.2) is 0 Å². The molecule has 8 heteroatoms. The van der Waals surface area contributed by atoms with Crippen molar-refractivity contribution < 1.29 is 28.0 Å². The quantitative estimate of drug-likeness (QED) is 0.0284. The second kappa shape index (κ2) is 36.9. The Kier molecular flexibility index (Phi) is 35.8. The van der Waals surface area contributed by atoms with Crippen LogP contribution in [-0.4, -0.2) is 53.1 Å². The van der Waals surface area contributed by atoms with E-state index in [1.54, 1.807) is 6.08 Å². The van der Waals surface area contributed by atoms with Gasteiger partial charge in [-0.15, -0.1) is 0 Å². The van der Waals surface area contributed by atoms with Crippen LogP contribution in [0.5, 0.6) is 0 Å². The zero-order valence-electron chi connectivity index (χ0n) is 33.1. The number of amides is 1. The minimum atomic E-state index is -4.45. The average molecular weight is 740 g/mol. The fourth-order valence-electron chi connectivity index (χ4n) is 6.37. The SMILES string of the molecule is CCCCCCCCCCCCC/C=C/CC/C=C/CC/C=C/C(O)C(CS(=O)(=O)O)NC(=O)C(O)CCCCCCCCCCCCCCC. The first kappa shape index (κ1) is 49.5. The lowest BCUT2D eigenvalue weighted by atomic mass is 10.0. The van der Waals surface area contributed by atoms with E-state index < -0.39 is 40.0 Å². The molecule has 51 heavy (non-hydrogen) atoms. The smallest absolute Gasteiger partial charge is 0.267 e. The molecule has 3 atom stereocenters. The van der Waals surface area contributed by atoms with Crippen LogP contribution in [0.25, 0.3) is 0 Å². The van der Waals surface area contributed by atoms with E-state index >= 15 is 0 Å². The van der Waals surface area contributed by atoms with Gasteiger partial charge < -0.3 is 15.5 Å². The van der Waals surface area contributed by atoms with Crippen molar-refractivity contribution in [3.8, 4) is 0 Å². The first-order valence-electron chi connectivity index (χ1n) is 21.3. The second-order valence-electron chi connectivity index (χ2n) is 14.8. The summed E-state index contributed by atoms with van der Waals surface area (Å²) in [5, 5.41) is 23.4. The number of allylic oxidation sites excluding steroid dienone is 5. The molecule has 1 amide bonds. The molecule has 3 unspecified atom stereocenters. The van der Waals surface area contributed by atoms with Crippen LogP contribution in [0.2, 0.25) is 0 Å². The van der Waals surface area contributed by atoms with Crippen molar-refractivity contribution in [3.05, 3.63) is 36.5 Å². The molecular weight excluding hydrogens is 659 g/mol. The van der Waals surface area contributed by atoms with Gasteiger partial charge in [0.25, 0.3) is 10.1 Å². The van der Waals surface area contributed by atoms with E-state index in [0.29, 0.717) is 12.8 Å². The van der Waals surface area contributed by atoms with E-state index in [0.717, 1.165) is 44.9 Å². The van der Waals surface area contributed by atoms with Crippen molar-refractivity contribution in [2.75, 3.05) is 5.75 Å². The Morgan fingerprint density at radius 1 is 0.529 bits per heavy atom. The molecule has 0 saturated carbocycles. The lowest BCUT2D eigenvalue weighted by Crippen LogP contribution is -2.50. The third kappa shape index (κ3) is 36.7. The van der Waals surface area contributed by atoms with E-state index in [-0.39, 0.29) is 6.42 Å². The Labute approximate surface area is 315 Å². The number of carbonyl (C=O) groups is 1. The highest BCUT2D eigenvalue weighted by Crippen LogP contribution is 2.15. The van der Waals surface area contributed by atoms with Gasteiger partial charge in [0.05, 0.1) is 17.9 Å². The number of nitrogens with one attached hydrogen (secondary N) is 1. The van der Waals surface area contributed by atoms with Crippen molar-refractivity contribution in [1.29, 1.82) is 0 Å². The lowest BCUT2D eigenvalue weighted by molar-refractivity contribution is -0.130. The van der Waals surface area contributed by atoms with Crippen LogP contribution < -0.4 is 5.32 Å². The van der Waals surface area contributed by atoms with Gasteiger partial charge in [-0.3, -0.25) is 9.35 Å². The van der Waals surface area contributed by atoms with E-state index in [1.165, 1.54) is 134 Å². The van der Waals surface area contributed by atoms with Crippen LogP contribution in [0.15, 0.2) is 36.5 Å². The molecule has 0 aromatic heterocycles. The first-order valence-corrected chi connectivity index (χ1v) is 22.9. The standard InChI is InChI=1S/C43H81NO6S/c1-3-5-7-9-11-13-15-17-18-19-20-21-22-23-24-26-27-29-31-33-35-37-41(45)40(39-51(48,49)50)44-43(47)42(46)38-36-34-32-30-28-25-16-14-12-10-8-6-4-2/h22-23,27,29,35,37,40-42,45-46H,3-21,24-26,28,30-34,36,38-39H2,1-2H3,(H,44,47)(H,48,49,50)/b23-22+,29-27+,37-35+. The molecule has 0 radical (unpaired) electrons. The molecule has 0 aliphatic heterocycles. The number of rotatable bonds is 38. The molecule has 0 aromatic rings. The largest absolute Gasteiger partial charge is 0.387 e. The average Bonchev–Trinajstić information content (AvgIpc) is 3.09. The molecule has 0 heterocycles. The summed E-state index contributed by atoms with van der Waals surface area (Å²) in [5.41, 5.74) is 0. The molecule has 0 fully saturated rings. The third-order valence-corrected chi connectivity index (χ3v) is 10.4. The van der Waals surface area contributed by atoms with E-state index in [1.807, 2.05) is 0 Å². The van der Waals surface area contributed by atoms with Gasteiger partial charge >= 0.3 is 0 Å². The normalized spacial score (nSPS) is 14.2. The van der Waals surface area contributed by atoms with Crippen LogP contribution in [-0.2, 0) is 14.9 Å². The first-order chi connectivity index (χ1) is 24.7. The summed E-state index contributed by atoms with van der Waals surface area (Å²) >= 11 is 0. The molecule has 300 valence electrons. The Morgan fingerprint density at radius 2 is 0.882 bits per heavy atom. The maximum absolute atomic E-state index is 12.6. The van der Waals surface area contributed by atoms with Crippen molar-refractivity contribution in [1.82, 2.24) is 5.32 Å². The summed E-state index contributed by atoms with van der Waals surface area (Å²) < 4.78 is 32.5. The van der Waals surface area contributed by atoms with Crippen molar-refractivity contribution in [2.24, 2.45) is 0 Å². The maximum Gasteiger partial charge on any atom is 0.267 e. The Bertz CT molecular complexity index is 964. The molecule has 0 bridgehead atoms. The summed E-state index contributed by atoms with van der Waals surface area (Å²) in [7, 11) is -4.45. The Morgan fingerprint density at radius 3 is 1.29 bits per heavy atom. The van der Waals surface area contributed by atoms with Gasteiger partial charge in [0.2, 0.25) is 5.91 Å². The minimum Gasteiger partial charge on any atom is -0.387 e. The molecule has 0 spiro atoms. The summed E-state index contributed by atoms with van der Waals surface area (Å²) in [6, 6.07) is -1.25. The van der Waals surface area contributed by atoms with E-state index in [9.17, 15) is 28.0 Å². The fourth-order valence-corrected chi connectivity index (χ4v) is 7.10. The van der Waals surface area contributed by atoms with Gasteiger partial charge in [-0.25, -0.2) is 0 Å². The molecule has 0 rings (SSSR count). The summed E-state index contributed by atoms with van der Waals surface area (Å²) in [6.07, 6.45) is 44.9. The van der Waals surface area contributed by atoms with Crippen LogP contribution >= 0.6 is 0 Å². The van der Waals surface area contributed by atoms with Crippen LogP contribution in [0, 0.1) is 0 Å². The molecular formula is C43H81NO6S. The van der Waals surface area contributed by atoms with Gasteiger partial charge in [-0.05, 0) is 44.9 Å². The molecule has 7 nitrogen and oxygen atoms in total. The van der Waals surface area contributed by atoms with Gasteiger partial charge in [0, 0.05) is 0 Å². The predicted octanol–water partition coefficient (Wildman–Crippen LogP) is 11.5. The number of carbonyl (C=O) groups excluding carboxylic acids is 1. The van der Waals surface area contributed by atoms with Crippen LogP contribution in [0.1, 0.15) is 206 Å². The third-order valence-electron chi connectivity index (χ3n) is 9.65. The van der Waals surface area contributed by atoms with Crippen LogP contribution in [0.4, 0.5) is 0 Å². The minimum absolute atomic E-state index is 0.273. The Balaban J connectivity index is 4.08. The maximum atomic E-state index is 12.6. The summed E-state index contributed by atoms with van der Waals surface area (Å²) in [4.78, 5) is 12.6. The highest BCUT2D eigenvalue weighted by molar-refractivity contribution is 7.85. The molecule has 0 aliphatic carbocycles. The summed E-state index contributed by atoms with van der Waals surface area (Å²) in [5.74, 6) is -1.56. The van der Waals surface area contributed by atoms with Gasteiger partial charge in [0.1, 0.15) is 6.10 Å². The molecule has 0 aromatic carbocycles. The van der Waals surface area contributed by atoms with Gasteiger partial charge in [-0.2, -0.15) is 8.42 Å². The number of hydrogen-bond donors (Lipinski definition) is 4. The molecule has 0 aliphatic rings. The zero-order valence-corrected chi connectivity index (χ0v) is 33.9. The predicted molar refractivity (Wildman–Crippen MR) is 218 cm³/mol. The van der Waals surface area contributed by atoms with Crippen molar-refractivity contribution in [2.45, 2.75) is 225 Å². The van der Waals surface area contributed by atoms with E-state index in [2.05, 4.69) is 43.5 Å². The second-order valence-corrected chi connectivity index (χ2v) is 16.2. The molecule has 4 N–H and O–H groups in total. The topological polar surface area (TPSA) is 124 Å². The fraction of sp³-hybridized carbons (Fsp3) is 0.837.